The number of aromatic nitrogens is 3. The Balaban J connectivity index is 2.21. The lowest BCUT2D eigenvalue weighted by atomic mass is 10.3. The zero-order valence-electron chi connectivity index (χ0n) is 9.26. The molecule has 0 aromatic carbocycles. The normalized spacial score (nSPS) is 10.9. The van der Waals surface area contributed by atoms with Crippen molar-refractivity contribution in [1.29, 1.82) is 0 Å². The van der Waals surface area contributed by atoms with Crippen LogP contribution in [-0.4, -0.2) is 14.5 Å². The van der Waals surface area contributed by atoms with Gasteiger partial charge in [0.2, 0.25) is 0 Å². The Hall–Kier alpha value is -1.43. The van der Waals surface area contributed by atoms with Gasteiger partial charge in [0.05, 0.1) is 11.7 Å². The van der Waals surface area contributed by atoms with Crippen molar-refractivity contribution in [3.8, 4) is 5.82 Å². The molecule has 0 radical (unpaired) electrons. The van der Waals surface area contributed by atoms with Crippen molar-refractivity contribution in [2.24, 2.45) is 0 Å². The third-order valence-corrected chi connectivity index (χ3v) is 3.28. The molecule has 3 heterocycles. The van der Waals surface area contributed by atoms with Crippen LogP contribution in [0.25, 0.3) is 16.7 Å². The van der Waals surface area contributed by atoms with Crippen molar-refractivity contribution in [1.82, 2.24) is 14.5 Å². The second kappa shape index (κ2) is 4.10. The van der Waals surface area contributed by atoms with Crippen LogP contribution in [0.3, 0.4) is 0 Å². The third-order valence-electron chi connectivity index (χ3n) is 2.69. The first-order valence-electron chi connectivity index (χ1n) is 5.30. The molecule has 0 aliphatic rings. The molecule has 0 fully saturated rings. The highest BCUT2D eigenvalue weighted by atomic mass is 127. The molecule has 0 aliphatic heterocycles. The van der Waals surface area contributed by atoms with E-state index in [-0.39, 0.29) is 0 Å². The van der Waals surface area contributed by atoms with Crippen LogP contribution >= 0.6 is 22.6 Å². The Bertz CT molecular complexity index is 671. The second-order valence-electron chi connectivity index (χ2n) is 3.95. The number of rotatable bonds is 1. The van der Waals surface area contributed by atoms with Gasteiger partial charge in [-0.05, 0) is 53.3 Å². The molecule has 0 saturated heterocycles. The van der Waals surface area contributed by atoms with Crippen molar-refractivity contribution in [2.45, 2.75) is 6.92 Å². The van der Waals surface area contributed by atoms with Gasteiger partial charge >= 0.3 is 0 Å². The number of hydrogen-bond acceptors (Lipinski definition) is 2. The maximum absolute atomic E-state index is 4.43. The van der Waals surface area contributed by atoms with E-state index in [2.05, 4.69) is 55.3 Å². The van der Waals surface area contributed by atoms with Crippen LogP contribution in [0.5, 0.6) is 0 Å². The van der Waals surface area contributed by atoms with Crippen LogP contribution in [-0.2, 0) is 0 Å². The molecular weight excluding hydrogens is 325 g/mol. The fourth-order valence-corrected chi connectivity index (χ4v) is 2.28. The van der Waals surface area contributed by atoms with Crippen molar-refractivity contribution in [2.75, 3.05) is 0 Å². The van der Waals surface area contributed by atoms with Crippen LogP contribution < -0.4 is 0 Å². The molecule has 3 rings (SSSR count). The smallest absolute Gasteiger partial charge is 0.137 e. The van der Waals surface area contributed by atoms with E-state index in [0.717, 1.165) is 20.6 Å². The molecule has 0 saturated carbocycles. The van der Waals surface area contributed by atoms with E-state index in [1.807, 2.05) is 31.6 Å². The maximum Gasteiger partial charge on any atom is 0.137 e. The van der Waals surface area contributed by atoms with Crippen molar-refractivity contribution >= 4 is 33.5 Å². The molecule has 84 valence electrons. The monoisotopic (exact) mass is 335 g/mol. The van der Waals surface area contributed by atoms with E-state index in [0.29, 0.717) is 0 Å². The Morgan fingerprint density at radius 3 is 2.76 bits per heavy atom. The molecular formula is C13H10IN3. The predicted octanol–water partition coefficient (Wildman–Crippen LogP) is 3.33. The number of fused-ring (bicyclic) bond motifs is 1. The minimum Gasteiger partial charge on any atom is -0.300 e. The summed E-state index contributed by atoms with van der Waals surface area (Å²) in [5.41, 5.74) is 2.25. The number of pyridine rings is 2. The number of halogens is 1. The first-order valence-corrected chi connectivity index (χ1v) is 6.37. The number of aryl methyl sites for hydroxylation is 1. The van der Waals surface area contributed by atoms with Crippen molar-refractivity contribution < 1.29 is 0 Å². The highest BCUT2D eigenvalue weighted by Crippen LogP contribution is 2.19. The Labute approximate surface area is 113 Å². The summed E-state index contributed by atoms with van der Waals surface area (Å²) in [7, 11) is 0. The van der Waals surface area contributed by atoms with Gasteiger partial charge in [-0.1, -0.05) is 6.07 Å². The standard InChI is InChI=1S/C13H10IN3/c1-9-2-3-13(16-7-9)17-5-4-10-6-12(14)15-8-11(10)17/h2-8H,1H3. The van der Waals surface area contributed by atoms with E-state index in [9.17, 15) is 0 Å². The molecule has 0 N–H and O–H groups in total. The largest absolute Gasteiger partial charge is 0.300 e. The number of nitrogens with zero attached hydrogens (tertiary/aromatic N) is 3. The summed E-state index contributed by atoms with van der Waals surface area (Å²) in [6.45, 7) is 2.04. The van der Waals surface area contributed by atoms with Gasteiger partial charge in [0.25, 0.3) is 0 Å². The average Bonchev–Trinajstić information content (AvgIpc) is 2.73. The number of hydrogen-bond donors (Lipinski definition) is 0. The summed E-state index contributed by atoms with van der Waals surface area (Å²) in [5.74, 6) is 0.925. The molecule has 17 heavy (non-hydrogen) atoms. The molecule has 0 spiro atoms. The van der Waals surface area contributed by atoms with Crippen molar-refractivity contribution in [3.05, 3.63) is 52.1 Å². The second-order valence-corrected chi connectivity index (χ2v) is 5.05. The lowest BCUT2D eigenvalue weighted by molar-refractivity contribution is 1.03. The molecule has 0 atom stereocenters. The molecule has 0 aliphatic carbocycles. The van der Waals surface area contributed by atoms with Gasteiger partial charge in [-0.2, -0.15) is 0 Å². The lowest BCUT2D eigenvalue weighted by Gasteiger charge is -2.04. The van der Waals surface area contributed by atoms with E-state index in [4.69, 9.17) is 0 Å². The molecule has 0 bridgehead atoms. The van der Waals surface area contributed by atoms with Crippen LogP contribution in [0.15, 0.2) is 42.9 Å². The fraction of sp³-hybridized carbons (Fsp3) is 0.0769. The van der Waals surface area contributed by atoms with Gasteiger partial charge in [0, 0.05) is 17.8 Å². The molecule has 3 aromatic heterocycles. The molecule has 0 unspecified atom stereocenters. The summed E-state index contributed by atoms with van der Waals surface area (Å²) in [6.07, 6.45) is 5.79. The summed E-state index contributed by atoms with van der Waals surface area (Å²) >= 11 is 2.22. The summed E-state index contributed by atoms with van der Waals surface area (Å²) < 4.78 is 3.06. The van der Waals surface area contributed by atoms with Crippen molar-refractivity contribution in [3.63, 3.8) is 0 Å². The lowest BCUT2D eigenvalue weighted by Crippen LogP contribution is -1.95. The highest BCUT2D eigenvalue weighted by Gasteiger charge is 2.04. The molecule has 3 nitrogen and oxygen atoms in total. The van der Waals surface area contributed by atoms with E-state index < -0.39 is 0 Å². The van der Waals surface area contributed by atoms with E-state index in [1.165, 1.54) is 5.39 Å². The SMILES string of the molecule is Cc1ccc(-n2ccc3cc(I)ncc32)nc1. The van der Waals surface area contributed by atoms with Crippen LogP contribution in [0.1, 0.15) is 5.56 Å². The third kappa shape index (κ3) is 1.93. The van der Waals surface area contributed by atoms with Crippen LogP contribution in [0.4, 0.5) is 0 Å². The first kappa shape index (κ1) is 10.7. The minimum absolute atomic E-state index is 0.925. The zero-order chi connectivity index (χ0) is 11.8. The maximum atomic E-state index is 4.43. The molecule has 3 aromatic rings. The Morgan fingerprint density at radius 2 is 2.00 bits per heavy atom. The van der Waals surface area contributed by atoms with Gasteiger partial charge in [0.1, 0.15) is 9.52 Å². The summed E-state index contributed by atoms with van der Waals surface area (Å²) in [6, 6.07) is 8.24. The topological polar surface area (TPSA) is 30.7 Å². The average molecular weight is 335 g/mol. The molecule has 4 heteroatoms. The predicted molar refractivity (Wildman–Crippen MR) is 76.3 cm³/mol. The first-order chi connectivity index (χ1) is 8.24. The highest BCUT2D eigenvalue weighted by molar-refractivity contribution is 14.1. The van der Waals surface area contributed by atoms with Crippen LogP contribution in [0, 0.1) is 10.6 Å². The van der Waals surface area contributed by atoms with E-state index >= 15 is 0 Å². The van der Waals surface area contributed by atoms with E-state index in [1.54, 1.807) is 0 Å². The quantitative estimate of drug-likeness (QED) is 0.504. The summed E-state index contributed by atoms with van der Waals surface area (Å²) in [5, 5.41) is 1.19. The zero-order valence-corrected chi connectivity index (χ0v) is 11.4. The minimum atomic E-state index is 0.925. The van der Waals surface area contributed by atoms with Gasteiger partial charge in [-0.3, -0.25) is 4.57 Å². The van der Waals surface area contributed by atoms with Crippen LogP contribution in [0.2, 0.25) is 0 Å². The van der Waals surface area contributed by atoms with Gasteiger partial charge < -0.3 is 0 Å². The molecule has 0 amide bonds. The van der Waals surface area contributed by atoms with Gasteiger partial charge in [0.15, 0.2) is 0 Å². The Kier molecular flexibility index (Phi) is 2.58. The van der Waals surface area contributed by atoms with Gasteiger partial charge in [-0.15, -0.1) is 0 Å². The van der Waals surface area contributed by atoms with Gasteiger partial charge in [-0.25, -0.2) is 9.97 Å². The fourth-order valence-electron chi connectivity index (χ4n) is 1.81. The summed E-state index contributed by atoms with van der Waals surface area (Å²) in [4.78, 5) is 8.75. The Morgan fingerprint density at radius 1 is 1.12 bits per heavy atom.